The number of benzene rings is 1. The maximum atomic E-state index is 11.0. The SMILES string of the molecule is CC(Cc1cc(C(C)(C)C)c(O)c(C(C)(C)C)c1)C(=O)[O-]. The number of hydrogen-bond acceptors (Lipinski definition) is 3. The van der Waals surface area contributed by atoms with Crippen LogP contribution in [0.2, 0.25) is 0 Å². The van der Waals surface area contributed by atoms with Crippen molar-refractivity contribution >= 4 is 5.97 Å². The molecule has 118 valence electrons. The molecule has 0 heterocycles. The fourth-order valence-corrected chi connectivity index (χ4v) is 2.39. The number of phenols is 1. The number of carbonyl (C=O) groups excluding carboxylic acids is 1. The van der Waals surface area contributed by atoms with Gasteiger partial charge >= 0.3 is 0 Å². The lowest BCUT2D eigenvalue weighted by Gasteiger charge is -2.28. The van der Waals surface area contributed by atoms with Gasteiger partial charge in [-0.25, -0.2) is 0 Å². The first-order valence-electron chi connectivity index (χ1n) is 7.41. The van der Waals surface area contributed by atoms with E-state index in [1.807, 2.05) is 53.7 Å². The van der Waals surface area contributed by atoms with Crippen LogP contribution in [0.15, 0.2) is 12.1 Å². The molecule has 0 spiro atoms. The van der Waals surface area contributed by atoms with E-state index in [0.29, 0.717) is 12.2 Å². The van der Waals surface area contributed by atoms with Crippen LogP contribution in [0.25, 0.3) is 0 Å². The molecule has 1 N–H and O–H groups in total. The first kappa shape index (κ1) is 17.5. The van der Waals surface area contributed by atoms with Gasteiger partial charge in [0.05, 0.1) is 0 Å². The number of carboxylic acid groups (broad SMARTS) is 1. The number of aromatic hydroxyl groups is 1. The Labute approximate surface area is 128 Å². The van der Waals surface area contributed by atoms with Gasteiger partial charge in [-0.1, -0.05) is 60.6 Å². The lowest BCUT2D eigenvalue weighted by atomic mass is 9.77. The summed E-state index contributed by atoms with van der Waals surface area (Å²) in [5.74, 6) is -1.27. The van der Waals surface area contributed by atoms with Gasteiger partial charge in [0.1, 0.15) is 5.75 Å². The fourth-order valence-electron chi connectivity index (χ4n) is 2.39. The van der Waals surface area contributed by atoms with E-state index in [4.69, 9.17) is 0 Å². The van der Waals surface area contributed by atoms with Crippen LogP contribution >= 0.6 is 0 Å². The van der Waals surface area contributed by atoms with Crippen molar-refractivity contribution in [2.45, 2.75) is 65.7 Å². The predicted molar refractivity (Wildman–Crippen MR) is 83.4 cm³/mol. The van der Waals surface area contributed by atoms with Crippen molar-refractivity contribution in [3.05, 3.63) is 28.8 Å². The minimum atomic E-state index is -1.04. The highest BCUT2D eigenvalue weighted by atomic mass is 16.4. The minimum Gasteiger partial charge on any atom is -0.550 e. The molecule has 0 aliphatic heterocycles. The summed E-state index contributed by atoms with van der Waals surface area (Å²) in [6.07, 6.45) is 0.411. The second-order valence-corrected chi connectivity index (χ2v) is 7.96. The Hall–Kier alpha value is -1.51. The van der Waals surface area contributed by atoms with Crippen molar-refractivity contribution in [3.8, 4) is 5.75 Å². The van der Waals surface area contributed by atoms with E-state index in [9.17, 15) is 15.0 Å². The molecule has 1 rings (SSSR count). The molecule has 3 nitrogen and oxygen atoms in total. The molecule has 0 bridgehead atoms. The highest BCUT2D eigenvalue weighted by Crippen LogP contribution is 2.40. The Kier molecular flexibility index (Phi) is 4.76. The number of aliphatic carboxylic acids is 1. The van der Waals surface area contributed by atoms with Gasteiger partial charge in [0, 0.05) is 5.97 Å². The van der Waals surface area contributed by atoms with Gasteiger partial charge in [0.15, 0.2) is 0 Å². The predicted octanol–water partition coefficient (Wildman–Crippen LogP) is 2.92. The van der Waals surface area contributed by atoms with Crippen LogP contribution in [0.1, 0.15) is 65.2 Å². The summed E-state index contributed by atoms with van der Waals surface area (Å²) in [4.78, 5) is 11.0. The molecule has 0 saturated heterocycles. The van der Waals surface area contributed by atoms with Crippen LogP contribution in [0.5, 0.6) is 5.75 Å². The summed E-state index contributed by atoms with van der Waals surface area (Å²) in [5.41, 5.74) is 2.24. The molecule has 21 heavy (non-hydrogen) atoms. The van der Waals surface area contributed by atoms with Crippen molar-refractivity contribution in [1.82, 2.24) is 0 Å². The van der Waals surface area contributed by atoms with Gasteiger partial charge in [-0.05, 0) is 39.9 Å². The van der Waals surface area contributed by atoms with E-state index in [1.165, 1.54) is 0 Å². The Balaban J connectivity index is 3.44. The van der Waals surface area contributed by atoms with Crippen LogP contribution in [0.4, 0.5) is 0 Å². The minimum absolute atomic E-state index is 0.204. The zero-order valence-corrected chi connectivity index (χ0v) is 14.2. The monoisotopic (exact) mass is 291 g/mol. The molecule has 0 aliphatic carbocycles. The molecule has 1 unspecified atom stereocenters. The van der Waals surface area contributed by atoms with Crippen LogP contribution in [0.3, 0.4) is 0 Å². The largest absolute Gasteiger partial charge is 0.550 e. The topological polar surface area (TPSA) is 60.4 Å². The van der Waals surface area contributed by atoms with Crippen LogP contribution in [-0.4, -0.2) is 11.1 Å². The summed E-state index contributed by atoms with van der Waals surface area (Å²) >= 11 is 0. The average molecular weight is 291 g/mol. The first-order chi connectivity index (χ1) is 9.34. The van der Waals surface area contributed by atoms with E-state index < -0.39 is 11.9 Å². The molecule has 0 aromatic heterocycles. The van der Waals surface area contributed by atoms with Crippen LogP contribution in [-0.2, 0) is 22.0 Å². The summed E-state index contributed by atoms with van der Waals surface area (Å²) in [7, 11) is 0. The summed E-state index contributed by atoms with van der Waals surface area (Å²) in [5, 5.41) is 21.6. The molecule has 1 aromatic rings. The third-order valence-corrected chi connectivity index (χ3v) is 3.73. The molecule has 0 saturated carbocycles. The third kappa shape index (κ3) is 4.23. The molecule has 1 atom stereocenters. The Morgan fingerprint density at radius 1 is 1.10 bits per heavy atom. The Morgan fingerprint density at radius 3 is 1.76 bits per heavy atom. The fraction of sp³-hybridized carbons (Fsp3) is 0.611. The second kappa shape index (κ2) is 5.70. The van der Waals surface area contributed by atoms with Crippen LogP contribution in [0, 0.1) is 5.92 Å². The van der Waals surface area contributed by atoms with Gasteiger partial charge < -0.3 is 15.0 Å². The maximum absolute atomic E-state index is 11.0. The van der Waals surface area contributed by atoms with Crippen molar-refractivity contribution in [2.75, 3.05) is 0 Å². The zero-order chi connectivity index (χ0) is 16.6. The molecule has 0 fully saturated rings. The van der Waals surface area contributed by atoms with Gasteiger partial charge in [0.25, 0.3) is 0 Å². The zero-order valence-electron chi connectivity index (χ0n) is 14.2. The highest BCUT2D eigenvalue weighted by Gasteiger charge is 2.26. The Bertz CT molecular complexity index is 495. The quantitative estimate of drug-likeness (QED) is 0.931. The van der Waals surface area contributed by atoms with Crippen molar-refractivity contribution < 1.29 is 15.0 Å². The average Bonchev–Trinajstić information content (AvgIpc) is 2.27. The molecule has 1 aromatic carbocycles. The third-order valence-electron chi connectivity index (χ3n) is 3.73. The highest BCUT2D eigenvalue weighted by molar-refractivity contribution is 5.67. The number of rotatable bonds is 3. The maximum Gasteiger partial charge on any atom is 0.123 e. The molecule has 0 amide bonds. The lowest BCUT2D eigenvalue weighted by Crippen LogP contribution is -2.30. The molecule has 0 radical (unpaired) electrons. The van der Waals surface area contributed by atoms with Gasteiger partial charge in [-0.3, -0.25) is 0 Å². The number of phenolic OH excluding ortho intramolecular Hbond substituents is 1. The molecule has 0 aliphatic rings. The number of carbonyl (C=O) groups is 1. The van der Waals surface area contributed by atoms with Crippen molar-refractivity contribution in [3.63, 3.8) is 0 Å². The summed E-state index contributed by atoms with van der Waals surface area (Å²) in [6, 6.07) is 3.84. The van der Waals surface area contributed by atoms with E-state index in [1.54, 1.807) is 6.92 Å². The molecular formula is C18H27O3-. The van der Waals surface area contributed by atoms with Gasteiger partial charge in [-0.15, -0.1) is 0 Å². The second-order valence-electron chi connectivity index (χ2n) is 7.96. The van der Waals surface area contributed by atoms with E-state index in [-0.39, 0.29) is 10.8 Å². The smallest absolute Gasteiger partial charge is 0.123 e. The molecule has 3 heteroatoms. The van der Waals surface area contributed by atoms with E-state index >= 15 is 0 Å². The normalized spacial score (nSPS) is 14.0. The van der Waals surface area contributed by atoms with Crippen molar-refractivity contribution in [2.24, 2.45) is 5.92 Å². The van der Waals surface area contributed by atoms with Gasteiger partial charge in [-0.2, -0.15) is 0 Å². The van der Waals surface area contributed by atoms with Gasteiger partial charge in [0.2, 0.25) is 0 Å². The summed E-state index contributed by atoms with van der Waals surface area (Å²) < 4.78 is 0. The number of carboxylic acids is 1. The number of hydrogen-bond donors (Lipinski definition) is 1. The van der Waals surface area contributed by atoms with E-state index in [2.05, 4.69) is 0 Å². The molecular weight excluding hydrogens is 264 g/mol. The lowest BCUT2D eigenvalue weighted by molar-refractivity contribution is -0.310. The van der Waals surface area contributed by atoms with Crippen LogP contribution < -0.4 is 5.11 Å². The van der Waals surface area contributed by atoms with Crippen molar-refractivity contribution in [1.29, 1.82) is 0 Å². The standard InChI is InChI=1S/C18H28O3/c1-11(16(20)21)8-12-9-13(17(2,3)4)15(19)14(10-12)18(5,6)7/h9-11,19H,8H2,1-7H3,(H,20,21)/p-1. The Morgan fingerprint density at radius 2 is 1.48 bits per heavy atom. The summed E-state index contributed by atoms with van der Waals surface area (Å²) in [6.45, 7) is 13.9. The van der Waals surface area contributed by atoms with E-state index in [0.717, 1.165) is 16.7 Å². The first-order valence-corrected chi connectivity index (χ1v) is 7.41.